The molecule has 3 nitrogen and oxygen atoms in total. The zero-order valence-corrected chi connectivity index (χ0v) is 10.2. The molecule has 0 radical (unpaired) electrons. The smallest absolute Gasteiger partial charge is 0.168 e. The van der Waals surface area contributed by atoms with Crippen molar-refractivity contribution in [2.45, 2.75) is 63.3 Å². The predicted octanol–water partition coefficient (Wildman–Crippen LogP) is 2.06. The van der Waals surface area contributed by atoms with E-state index < -0.39 is 0 Å². The second-order valence-electron chi connectivity index (χ2n) is 5.82. The van der Waals surface area contributed by atoms with Gasteiger partial charge in [-0.25, -0.2) is 0 Å². The fourth-order valence-corrected chi connectivity index (χ4v) is 3.38. The van der Waals surface area contributed by atoms with Gasteiger partial charge in [0.1, 0.15) is 0 Å². The molecule has 92 valence electrons. The molecule has 3 fully saturated rings. The molecule has 1 aliphatic heterocycles. The number of rotatable bonds is 2. The second-order valence-corrected chi connectivity index (χ2v) is 5.82. The van der Waals surface area contributed by atoms with E-state index in [2.05, 4.69) is 12.2 Å². The van der Waals surface area contributed by atoms with Crippen LogP contribution in [0, 0.1) is 5.92 Å². The van der Waals surface area contributed by atoms with E-state index in [1.807, 2.05) is 0 Å². The van der Waals surface area contributed by atoms with Crippen LogP contribution in [0.3, 0.4) is 0 Å². The number of hydrogen-bond donors (Lipinski definition) is 1. The molecule has 0 amide bonds. The summed E-state index contributed by atoms with van der Waals surface area (Å²) in [6, 6.07) is 1.50. The zero-order valence-electron chi connectivity index (χ0n) is 10.2. The fraction of sp³-hybridized carbons (Fsp3) is 1.00. The summed E-state index contributed by atoms with van der Waals surface area (Å²) < 4.78 is 11.5. The van der Waals surface area contributed by atoms with Crippen molar-refractivity contribution in [1.29, 1.82) is 0 Å². The molecule has 2 saturated carbocycles. The minimum Gasteiger partial charge on any atom is -0.348 e. The third-order valence-electron chi connectivity index (χ3n) is 4.41. The minimum atomic E-state index is -0.189. The summed E-state index contributed by atoms with van der Waals surface area (Å²) >= 11 is 0. The summed E-state index contributed by atoms with van der Waals surface area (Å²) in [7, 11) is 0. The summed E-state index contributed by atoms with van der Waals surface area (Å²) in [6.45, 7) is 3.92. The highest BCUT2D eigenvalue weighted by Crippen LogP contribution is 2.36. The van der Waals surface area contributed by atoms with Crippen LogP contribution in [0.25, 0.3) is 0 Å². The lowest BCUT2D eigenvalue weighted by molar-refractivity contribution is -0.180. The fourth-order valence-electron chi connectivity index (χ4n) is 3.38. The lowest BCUT2D eigenvalue weighted by Gasteiger charge is -2.41. The predicted molar refractivity (Wildman–Crippen MR) is 62.2 cm³/mol. The van der Waals surface area contributed by atoms with Crippen molar-refractivity contribution in [3.63, 3.8) is 0 Å². The van der Waals surface area contributed by atoms with Crippen molar-refractivity contribution in [1.82, 2.24) is 5.32 Å². The van der Waals surface area contributed by atoms with Gasteiger partial charge in [0.25, 0.3) is 0 Å². The van der Waals surface area contributed by atoms with E-state index in [0.29, 0.717) is 6.04 Å². The third kappa shape index (κ3) is 2.13. The highest BCUT2D eigenvalue weighted by molar-refractivity contribution is 4.90. The van der Waals surface area contributed by atoms with Crippen molar-refractivity contribution in [3.8, 4) is 0 Å². The average molecular weight is 225 g/mol. The summed E-state index contributed by atoms with van der Waals surface area (Å²) in [5.74, 6) is 0.749. The van der Waals surface area contributed by atoms with E-state index in [0.717, 1.165) is 38.0 Å². The maximum Gasteiger partial charge on any atom is 0.168 e. The SMILES string of the molecule is CC1CC(NC2CCC3(CC2)OCCO3)C1. The molecule has 3 aliphatic rings. The monoisotopic (exact) mass is 225 g/mol. The average Bonchev–Trinajstić information content (AvgIpc) is 2.68. The van der Waals surface area contributed by atoms with Crippen LogP contribution >= 0.6 is 0 Å². The van der Waals surface area contributed by atoms with Crippen LogP contribution in [0.15, 0.2) is 0 Å². The van der Waals surface area contributed by atoms with E-state index in [-0.39, 0.29) is 5.79 Å². The van der Waals surface area contributed by atoms with Crippen molar-refractivity contribution >= 4 is 0 Å². The molecule has 0 aromatic rings. The Morgan fingerprint density at radius 2 is 1.62 bits per heavy atom. The van der Waals surface area contributed by atoms with Gasteiger partial charge < -0.3 is 14.8 Å². The maximum absolute atomic E-state index is 5.74. The van der Waals surface area contributed by atoms with E-state index in [1.54, 1.807) is 0 Å². The van der Waals surface area contributed by atoms with Crippen LogP contribution < -0.4 is 5.32 Å². The number of ether oxygens (including phenoxy) is 2. The Balaban J connectivity index is 1.44. The molecule has 0 bridgehead atoms. The van der Waals surface area contributed by atoms with Gasteiger partial charge in [0.15, 0.2) is 5.79 Å². The Morgan fingerprint density at radius 3 is 2.19 bits per heavy atom. The molecule has 3 heteroatoms. The quantitative estimate of drug-likeness (QED) is 0.780. The number of hydrogen-bond acceptors (Lipinski definition) is 3. The van der Waals surface area contributed by atoms with Crippen LogP contribution in [-0.2, 0) is 9.47 Å². The first-order chi connectivity index (χ1) is 7.76. The molecule has 0 aromatic heterocycles. The highest BCUT2D eigenvalue weighted by Gasteiger charge is 2.41. The van der Waals surface area contributed by atoms with Gasteiger partial charge in [0, 0.05) is 24.9 Å². The van der Waals surface area contributed by atoms with Gasteiger partial charge >= 0.3 is 0 Å². The standard InChI is InChI=1S/C13H23NO2/c1-10-8-12(9-10)14-11-2-4-13(5-3-11)15-6-7-16-13/h10-12,14H,2-9H2,1H3. The summed E-state index contributed by atoms with van der Waals surface area (Å²) in [6.07, 6.45) is 7.32. The minimum absolute atomic E-state index is 0.189. The Kier molecular flexibility index (Phi) is 2.94. The molecular weight excluding hydrogens is 202 g/mol. The van der Waals surface area contributed by atoms with Gasteiger partial charge in [-0.15, -0.1) is 0 Å². The van der Waals surface area contributed by atoms with Gasteiger partial charge in [-0.3, -0.25) is 0 Å². The van der Waals surface area contributed by atoms with Crippen LogP contribution in [0.4, 0.5) is 0 Å². The largest absolute Gasteiger partial charge is 0.348 e. The molecular formula is C13H23NO2. The van der Waals surface area contributed by atoms with Crippen LogP contribution in [0.2, 0.25) is 0 Å². The second kappa shape index (κ2) is 4.28. The lowest BCUT2D eigenvalue weighted by Crippen LogP contribution is -2.49. The lowest BCUT2D eigenvalue weighted by atomic mass is 9.80. The van der Waals surface area contributed by atoms with Crippen molar-refractivity contribution in [2.75, 3.05) is 13.2 Å². The molecule has 16 heavy (non-hydrogen) atoms. The van der Waals surface area contributed by atoms with Crippen molar-refractivity contribution < 1.29 is 9.47 Å². The molecule has 1 spiro atoms. The molecule has 1 saturated heterocycles. The summed E-state index contributed by atoms with van der Waals surface area (Å²) in [5.41, 5.74) is 0. The Bertz CT molecular complexity index is 234. The Morgan fingerprint density at radius 1 is 1.00 bits per heavy atom. The normalized spacial score (nSPS) is 38.8. The van der Waals surface area contributed by atoms with Gasteiger partial charge in [-0.1, -0.05) is 6.92 Å². The van der Waals surface area contributed by atoms with E-state index in [1.165, 1.54) is 25.7 Å². The summed E-state index contributed by atoms with van der Waals surface area (Å²) in [4.78, 5) is 0. The highest BCUT2D eigenvalue weighted by atomic mass is 16.7. The van der Waals surface area contributed by atoms with Gasteiger partial charge in [0.2, 0.25) is 0 Å². The van der Waals surface area contributed by atoms with E-state index >= 15 is 0 Å². The number of nitrogens with one attached hydrogen (secondary N) is 1. The molecule has 0 atom stereocenters. The van der Waals surface area contributed by atoms with Crippen molar-refractivity contribution in [2.24, 2.45) is 5.92 Å². The first-order valence-electron chi connectivity index (χ1n) is 6.80. The molecule has 0 unspecified atom stereocenters. The Hall–Kier alpha value is -0.120. The van der Waals surface area contributed by atoms with Crippen LogP contribution in [-0.4, -0.2) is 31.1 Å². The van der Waals surface area contributed by atoms with Gasteiger partial charge in [0.05, 0.1) is 13.2 Å². The third-order valence-corrected chi connectivity index (χ3v) is 4.41. The van der Waals surface area contributed by atoms with Gasteiger partial charge in [-0.05, 0) is 31.6 Å². The van der Waals surface area contributed by atoms with Crippen LogP contribution in [0.5, 0.6) is 0 Å². The maximum atomic E-state index is 5.74. The Labute approximate surface area is 97.9 Å². The molecule has 3 rings (SSSR count). The first-order valence-corrected chi connectivity index (χ1v) is 6.80. The summed E-state index contributed by atoms with van der Waals surface area (Å²) in [5, 5.41) is 3.78. The molecule has 1 N–H and O–H groups in total. The van der Waals surface area contributed by atoms with Crippen LogP contribution in [0.1, 0.15) is 45.4 Å². The molecule has 2 aliphatic carbocycles. The first kappa shape index (κ1) is 11.0. The zero-order chi connectivity index (χ0) is 11.0. The van der Waals surface area contributed by atoms with Gasteiger partial charge in [-0.2, -0.15) is 0 Å². The van der Waals surface area contributed by atoms with Crippen molar-refractivity contribution in [3.05, 3.63) is 0 Å². The topological polar surface area (TPSA) is 30.5 Å². The molecule has 0 aromatic carbocycles. The molecule has 1 heterocycles. The van der Waals surface area contributed by atoms with E-state index in [9.17, 15) is 0 Å². The van der Waals surface area contributed by atoms with E-state index in [4.69, 9.17) is 9.47 Å².